The third kappa shape index (κ3) is 9.75. The van der Waals surface area contributed by atoms with Crippen molar-refractivity contribution in [2.24, 2.45) is 0 Å². The fourth-order valence-electron chi connectivity index (χ4n) is 2.47. The Labute approximate surface area is 209 Å². The number of phenolic OH excluding ortho intramolecular Hbond substituents is 2. The van der Waals surface area contributed by atoms with E-state index in [9.17, 15) is 20.3 Å². The van der Waals surface area contributed by atoms with E-state index in [1.165, 1.54) is 6.07 Å². The van der Waals surface area contributed by atoms with Crippen molar-refractivity contribution < 1.29 is 20.2 Å². The Morgan fingerprint density at radius 3 is 1.50 bits per heavy atom. The number of halogens is 2. The summed E-state index contributed by atoms with van der Waals surface area (Å²) < 4.78 is 1.21. The molecular formula is C23H38Br2N2O5. The lowest BCUT2D eigenvalue weighted by Gasteiger charge is -2.21. The summed E-state index contributed by atoms with van der Waals surface area (Å²) in [6.45, 7) is 11.9. The van der Waals surface area contributed by atoms with Crippen molar-refractivity contribution in [3.8, 4) is 11.5 Å². The number of nitrogens with two attached hydrogens (primary N) is 1. The van der Waals surface area contributed by atoms with E-state index >= 15 is 0 Å². The van der Waals surface area contributed by atoms with Gasteiger partial charge in [-0.3, -0.25) is 10.1 Å². The molecule has 0 unspecified atom stereocenters. The second kappa shape index (κ2) is 13.6. The first-order valence-electron chi connectivity index (χ1n) is 8.96. The van der Waals surface area contributed by atoms with Crippen LogP contribution in [0.1, 0.15) is 67.5 Å². The number of aromatic hydroxyl groups is 2. The zero-order valence-corrected chi connectivity index (χ0v) is 21.4. The fraction of sp³-hybridized carbons (Fsp3) is 0.478. The highest BCUT2D eigenvalue weighted by molar-refractivity contribution is 9.11. The minimum Gasteiger partial charge on any atom is -0.508 e. The van der Waals surface area contributed by atoms with Crippen LogP contribution in [0, 0.1) is 10.1 Å². The zero-order valence-electron chi connectivity index (χ0n) is 18.2. The predicted molar refractivity (Wildman–Crippen MR) is 142 cm³/mol. The number of nitrogen functional groups attached to an aromatic ring is 1. The van der Waals surface area contributed by atoms with Crippen LogP contribution in [-0.4, -0.2) is 27.4 Å². The maximum Gasteiger partial charge on any atom is 0.287 e. The number of benzene rings is 2. The summed E-state index contributed by atoms with van der Waals surface area (Å²) in [6, 6.07) is 6.20. The second-order valence-electron chi connectivity index (χ2n) is 8.47. The van der Waals surface area contributed by atoms with Crippen molar-refractivity contribution in [1.82, 2.24) is 0 Å². The van der Waals surface area contributed by atoms with Crippen molar-refractivity contribution in [2.75, 3.05) is 12.8 Å². The molecule has 0 spiro atoms. The Morgan fingerprint density at radius 1 is 0.812 bits per heavy atom. The standard InChI is InChI=1S/C10H12BrNO3.C10H14BrNO.CH4O.2CH4/c1-10(2,3)6-4-7(11)8(12(14)15)5-9(6)13;1-10(2,3)6-4-7(11)8(12)5-9(6)13;1-2;;/h4-5,13H,1-3H3;4-5,13H,12H2,1-3H3;2H,1H3;2*1H4. The molecule has 5 N–H and O–H groups in total. The summed E-state index contributed by atoms with van der Waals surface area (Å²) in [4.78, 5) is 10.1. The van der Waals surface area contributed by atoms with Crippen molar-refractivity contribution in [3.63, 3.8) is 0 Å². The van der Waals surface area contributed by atoms with Gasteiger partial charge in [-0.05, 0) is 54.8 Å². The molecule has 9 heteroatoms. The molecule has 0 saturated carbocycles. The average Bonchev–Trinajstić information content (AvgIpc) is 2.60. The molecule has 0 aromatic heterocycles. The van der Waals surface area contributed by atoms with Crippen LogP contribution in [-0.2, 0) is 10.8 Å². The quantitative estimate of drug-likeness (QED) is 0.159. The van der Waals surface area contributed by atoms with Crippen molar-refractivity contribution in [3.05, 3.63) is 54.5 Å². The van der Waals surface area contributed by atoms with E-state index in [4.69, 9.17) is 10.8 Å². The van der Waals surface area contributed by atoms with Crippen LogP contribution in [0.15, 0.2) is 33.2 Å². The largest absolute Gasteiger partial charge is 0.508 e. The number of rotatable bonds is 1. The van der Waals surface area contributed by atoms with Gasteiger partial charge in [0.1, 0.15) is 11.5 Å². The van der Waals surface area contributed by atoms with E-state index in [1.807, 2.05) is 47.6 Å². The zero-order chi connectivity index (χ0) is 24.0. The van der Waals surface area contributed by atoms with Crippen LogP contribution < -0.4 is 5.73 Å². The Balaban J connectivity index is -0.000000464. The molecule has 7 nitrogen and oxygen atoms in total. The van der Waals surface area contributed by atoms with Crippen LogP contribution in [0.2, 0.25) is 0 Å². The summed E-state index contributed by atoms with van der Waals surface area (Å²) in [5.41, 5.74) is 7.32. The van der Waals surface area contributed by atoms with E-state index < -0.39 is 4.92 Å². The summed E-state index contributed by atoms with van der Waals surface area (Å²) in [7, 11) is 1.00. The molecule has 0 heterocycles. The lowest BCUT2D eigenvalue weighted by Crippen LogP contribution is -2.11. The first-order chi connectivity index (χ1) is 13.6. The second-order valence-corrected chi connectivity index (χ2v) is 10.2. The Morgan fingerprint density at radius 2 is 1.16 bits per heavy atom. The molecule has 2 rings (SSSR count). The number of nitro groups is 1. The Kier molecular flexibility index (Phi) is 14.8. The van der Waals surface area contributed by atoms with Gasteiger partial charge in [0.2, 0.25) is 0 Å². The molecule has 0 aliphatic carbocycles. The van der Waals surface area contributed by atoms with Gasteiger partial charge in [-0.1, -0.05) is 56.4 Å². The molecule has 0 amide bonds. The van der Waals surface area contributed by atoms with Gasteiger partial charge in [-0.15, -0.1) is 0 Å². The van der Waals surface area contributed by atoms with E-state index in [-0.39, 0.29) is 42.9 Å². The van der Waals surface area contributed by atoms with Crippen LogP contribution in [0.4, 0.5) is 11.4 Å². The van der Waals surface area contributed by atoms with Crippen LogP contribution in [0.3, 0.4) is 0 Å². The van der Waals surface area contributed by atoms with E-state index in [2.05, 4.69) is 31.9 Å². The van der Waals surface area contributed by atoms with Gasteiger partial charge < -0.3 is 21.1 Å². The number of nitro benzene ring substituents is 1. The number of nitrogens with zero attached hydrogens (tertiary/aromatic N) is 1. The highest BCUT2D eigenvalue weighted by Gasteiger charge is 2.23. The maximum atomic E-state index is 10.6. The first-order valence-corrected chi connectivity index (χ1v) is 10.5. The molecule has 0 bridgehead atoms. The van der Waals surface area contributed by atoms with E-state index in [1.54, 1.807) is 12.1 Å². The van der Waals surface area contributed by atoms with Gasteiger partial charge in [-0.2, -0.15) is 0 Å². The van der Waals surface area contributed by atoms with E-state index in [0.29, 0.717) is 15.7 Å². The minimum absolute atomic E-state index is 0. The predicted octanol–water partition coefficient (Wildman–Crippen LogP) is 7.28. The summed E-state index contributed by atoms with van der Waals surface area (Å²) in [6.07, 6.45) is 0. The summed E-state index contributed by atoms with van der Waals surface area (Å²) in [5.74, 6) is 0.214. The fourth-order valence-corrected chi connectivity index (χ4v) is 3.30. The van der Waals surface area contributed by atoms with Gasteiger partial charge in [0, 0.05) is 34.5 Å². The number of aliphatic hydroxyl groups excluding tert-OH is 1. The number of phenols is 2. The molecule has 0 aliphatic rings. The lowest BCUT2D eigenvalue weighted by atomic mass is 9.86. The van der Waals surface area contributed by atoms with Gasteiger partial charge in [0.15, 0.2) is 0 Å². The average molecular weight is 582 g/mol. The summed E-state index contributed by atoms with van der Waals surface area (Å²) >= 11 is 6.46. The van der Waals surface area contributed by atoms with Crippen molar-refractivity contribution in [2.45, 2.75) is 67.2 Å². The SMILES string of the molecule is C.C.CC(C)(C)c1cc(Br)c(N)cc1O.CC(C)(C)c1cc(Br)c([N+](=O)[O-])cc1O.CO. The van der Waals surface area contributed by atoms with Crippen LogP contribution >= 0.6 is 31.9 Å². The molecule has 0 saturated heterocycles. The molecule has 2 aromatic carbocycles. The molecule has 0 radical (unpaired) electrons. The molecule has 0 aliphatic heterocycles. The highest BCUT2D eigenvalue weighted by atomic mass is 79.9. The normalized spacial score (nSPS) is 10.3. The molecular weight excluding hydrogens is 544 g/mol. The first kappa shape index (κ1) is 34.8. The third-order valence-corrected chi connectivity index (χ3v) is 5.31. The molecule has 0 fully saturated rings. The number of anilines is 1. The third-order valence-electron chi connectivity index (χ3n) is 3.99. The van der Waals surface area contributed by atoms with Gasteiger partial charge in [0.25, 0.3) is 5.69 Å². The molecule has 2 aromatic rings. The highest BCUT2D eigenvalue weighted by Crippen LogP contribution is 2.38. The number of hydrogen-bond acceptors (Lipinski definition) is 6. The van der Waals surface area contributed by atoms with Gasteiger partial charge in [0.05, 0.1) is 15.5 Å². The van der Waals surface area contributed by atoms with Crippen LogP contribution in [0.25, 0.3) is 0 Å². The lowest BCUT2D eigenvalue weighted by molar-refractivity contribution is -0.385. The molecule has 0 atom stereocenters. The minimum atomic E-state index is -0.532. The topological polar surface area (TPSA) is 130 Å². The van der Waals surface area contributed by atoms with Gasteiger partial charge in [-0.25, -0.2) is 0 Å². The smallest absolute Gasteiger partial charge is 0.287 e. The molecule has 32 heavy (non-hydrogen) atoms. The van der Waals surface area contributed by atoms with Gasteiger partial charge >= 0.3 is 0 Å². The monoisotopic (exact) mass is 580 g/mol. The summed E-state index contributed by atoms with van der Waals surface area (Å²) in [5, 5.41) is 36.9. The number of aliphatic hydroxyl groups is 1. The van der Waals surface area contributed by atoms with Crippen LogP contribution in [0.5, 0.6) is 11.5 Å². The maximum absolute atomic E-state index is 10.6. The number of hydrogen-bond donors (Lipinski definition) is 4. The molecule has 184 valence electrons. The Hall–Kier alpha value is -1.84. The van der Waals surface area contributed by atoms with Crippen molar-refractivity contribution >= 4 is 43.2 Å². The van der Waals surface area contributed by atoms with E-state index in [0.717, 1.165) is 17.1 Å². The Bertz CT molecular complexity index is 889. The van der Waals surface area contributed by atoms with Crippen molar-refractivity contribution in [1.29, 1.82) is 0 Å².